The van der Waals surface area contributed by atoms with Crippen molar-refractivity contribution in [1.82, 2.24) is 10.3 Å². The van der Waals surface area contributed by atoms with Crippen molar-refractivity contribution in [3.63, 3.8) is 0 Å². The van der Waals surface area contributed by atoms with Crippen LogP contribution in [0, 0.1) is 6.92 Å². The molecule has 2 N–H and O–H groups in total. The molecule has 3 aromatic carbocycles. The molecular formula is C27H26N2O5. The van der Waals surface area contributed by atoms with Crippen LogP contribution < -0.4 is 5.32 Å². The second-order valence-corrected chi connectivity index (χ2v) is 8.08. The van der Waals surface area contributed by atoms with Gasteiger partial charge in [-0.1, -0.05) is 43.2 Å². The molecule has 0 aliphatic rings. The van der Waals surface area contributed by atoms with Gasteiger partial charge in [0.15, 0.2) is 5.58 Å². The van der Waals surface area contributed by atoms with E-state index in [0.29, 0.717) is 29.1 Å². The number of benzene rings is 3. The highest BCUT2D eigenvalue weighted by Crippen LogP contribution is 2.27. The highest BCUT2D eigenvalue weighted by atomic mass is 16.5. The van der Waals surface area contributed by atoms with Crippen LogP contribution in [0.2, 0.25) is 0 Å². The number of carbonyl (C=O) groups is 2. The Morgan fingerprint density at radius 3 is 2.62 bits per heavy atom. The van der Waals surface area contributed by atoms with Crippen molar-refractivity contribution in [3.05, 3.63) is 82.9 Å². The molecule has 1 amide bonds. The summed E-state index contributed by atoms with van der Waals surface area (Å²) < 4.78 is 11.3. The third-order valence-electron chi connectivity index (χ3n) is 5.42. The van der Waals surface area contributed by atoms with Gasteiger partial charge in [0, 0.05) is 12.1 Å². The van der Waals surface area contributed by atoms with Crippen molar-refractivity contribution in [1.29, 1.82) is 0 Å². The fourth-order valence-corrected chi connectivity index (χ4v) is 3.51. The van der Waals surface area contributed by atoms with Gasteiger partial charge >= 0.3 is 5.97 Å². The number of amides is 1. The van der Waals surface area contributed by atoms with Crippen molar-refractivity contribution in [3.8, 4) is 17.2 Å². The summed E-state index contributed by atoms with van der Waals surface area (Å²) in [6, 6.07) is 17.4. The maximum atomic E-state index is 12.5. The number of aryl methyl sites for hydroxylation is 1. The Morgan fingerprint density at radius 2 is 1.85 bits per heavy atom. The number of rotatable bonds is 8. The number of oxazole rings is 1. The Bertz CT molecular complexity index is 1320. The lowest BCUT2D eigenvalue weighted by atomic mass is 10.1. The predicted molar refractivity (Wildman–Crippen MR) is 129 cm³/mol. The minimum Gasteiger partial charge on any atom is -0.507 e. The van der Waals surface area contributed by atoms with E-state index in [9.17, 15) is 14.7 Å². The third-order valence-corrected chi connectivity index (χ3v) is 5.42. The number of hydrogen-bond acceptors (Lipinski definition) is 6. The molecule has 4 aromatic rings. The average molecular weight is 459 g/mol. The zero-order valence-corrected chi connectivity index (χ0v) is 19.1. The van der Waals surface area contributed by atoms with E-state index in [-0.39, 0.29) is 23.8 Å². The molecule has 34 heavy (non-hydrogen) atoms. The Morgan fingerprint density at radius 1 is 1.06 bits per heavy atom. The number of phenols is 1. The van der Waals surface area contributed by atoms with Gasteiger partial charge in [0.2, 0.25) is 5.89 Å². The smallest absolute Gasteiger partial charge is 0.342 e. The summed E-state index contributed by atoms with van der Waals surface area (Å²) in [5.41, 5.74) is 4.01. The summed E-state index contributed by atoms with van der Waals surface area (Å²) in [7, 11) is 0. The monoisotopic (exact) mass is 458 g/mol. The van der Waals surface area contributed by atoms with Crippen LogP contribution in [-0.4, -0.2) is 28.5 Å². The molecule has 0 saturated heterocycles. The molecule has 0 fully saturated rings. The first-order valence-corrected chi connectivity index (χ1v) is 11.2. The second-order valence-electron chi connectivity index (χ2n) is 8.08. The Labute approximate surface area is 197 Å². The van der Waals surface area contributed by atoms with Crippen LogP contribution in [0.1, 0.15) is 51.6 Å². The van der Waals surface area contributed by atoms with Gasteiger partial charge in [-0.15, -0.1) is 0 Å². The number of carbonyl (C=O) groups excluding carboxylic acids is 2. The fourth-order valence-electron chi connectivity index (χ4n) is 3.51. The average Bonchev–Trinajstić information content (AvgIpc) is 3.29. The van der Waals surface area contributed by atoms with Gasteiger partial charge in [-0.2, -0.15) is 0 Å². The molecule has 4 rings (SSSR count). The zero-order valence-electron chi connectivity index (χ0n) is 19.1. The van der Waals surface area contributed by atoms with Crippen molar-refractivity contribution < 1.29 is 23.8 Å². The molecule has 0 unspecified atom stereocenters. The minimum atomic E-state index is -0.589. The van der Waals surface area contributed by atoms with Crippen LogP contribution in [0.3, 0.4) is 0 Å². The van der Waals surface area contributed by atoms with E-state index in [1.807, 2.05) is 31.2 Å². The predicted octanol–water partition coefficient (Wildman–Crippen LogP) is 5.40. The van der Waals surface area contributed by atoms with Crippen molar-refractivity contribution in [2.45, 2.75) is 33.3 Å². The number of ether oxygens (including phenoxy) is 1. The van der Waals surface area contributed by atoms with Crippen molar-refractivity contribution >= 4 is 23.0 Å². The molecule has 1 aromatic heterocycles. The van der Waals surface area contributed by atoms with Crippen LogP contribution in [0.15, 0.2) is 65.1 Å². The number of nitrogens with one attached hydrogen (secondary N) is 1. The number of aromatic nitrogens is 1. The van der Waals surface area contributed by atoms with E-state index in [1.165, 1.54) is 6.07 Å². The molecule has 0 aliphatic heterocycles. The quantitative estimate of drug-likeness (QED) is 0.271. The fraction of sp³-hybridized carbons (Fsp3) is 0.222. The maximum absolute atomic E-state index is 12.5. The number of phenolic OH excluding ortho intramolecular Hbond substituents is 1. The molecule has 0 atom stereocenters. The normalized spacial score (nSPS) is 10.9. The first-order valence-electron chi connectivity index (χ1n) is 11.2. The van der Waals surface area contributed by atoms with Crippen molar-refractivity contribution in [2.75, 3.05) is 6.54 Å². The van der Waals surface area contributed by atoms with Crippen LogP contribution >= 0.6 is 0 Å². The summed E-state index contributed by atoms with van der Waals surface area (Å²) in [5, 5.41) is 12.8. The Balaban J connectivity index is 1.47. The first-order chi connectivity index (χ1) is 16.5. The summed E-state index contributed by atoms with van der Waals surface area (Å²) in [6.45, 7) is 4.58. The van der Waals surface area contributed by atoms with Crippen molar-refractivity contribution in [2.24, 2.45) is 0 Å². The molecule has 1 heterocycles. The highest BCUT2D eigenvalue weighted by molar-refractivity contribution is 6.04. The lowest BCUT2D eigenvalue weighted by Gasteiger charge is -2.07. The lowest BCUT2D eigenvalue weighted by molar-refractivity contribution is 0.0469. The molecule has 7 nitrogen and oxygen atoms in total. The van der Waals surface area contributed by atoms with E-state index in [2.05, 4.69) is 17.2 Å². The van der Waals surface area contributed by atoms with Gasteiger partial charge in [0.1, 0.15) is 23.4 Å². The largest absolute Gasteiger partial charge is 0.507 e. The lowest BCUT2D eigenvalue weighted by Crippen LogP contribution is -2.24. The number of nitrogens with zero attached hydrogens (tertiary/aromatic N) is 1. The molecule has 174 valence electrons. The third kappa shape index (κ3) is 5.09. The Kier molecular flexibility index (Phi) is 6.92. The molecule has 0 saturated carbocycles. The van der Waals surface area contributed by atoms with E-state index in [4.69, 9.17) is 9.15 Å². The van der Waals surface area contributed by atoms with Gasteiger partial charge in [0.05, 0.1) is 5.56 Å². The van der Waals surface area contributed by atoms with Crippen LogP contribution in [0.4, 0.5) is 0 Å². The highest BCUT2D eigenvalue weighted by Gasteiger charge is 2.17. The number of para-hydroxylation sites is 1. The molecular weight excluding hydrogens is 432 g/mol. The van der Waals surface area contributed by atoms with E-state index in [1.54, 1.807) is 30.3 Å². The summed E-state index contributed by atoms with van der Waals surface area (Å²) >= 11 is 0. The second kappa shape index (κ2) is 10.2. The maximum Gasteiger partial charge on any atom is 0.342 e. The van der Waals surface area contributed by atoms with E-state index >= 15 is 0 Å². The molecule has 7 heteroatoms. The number of unbranched alkanes of at least 4 members (excludes halogenated alkanes) is 1. The number of fused-ring (bicyclic) bond motifs is 1. The molecule has 0 radical (unpaired) electrons. The van der Waals surface area contributed by atoms with Gasteiger partial charge in [0.25, 0.3) is 5.91 Å². The first kappa shape index (κ1) is 23.0. The summed E-state index contributed by atoms with van der Waals surface area (Å²) in [6.07, 6.45) is 1.91. The van der Waals surface area contributed by atoms with Gasteiger partial charge in [-0.25, -0.2) is 9.78 Å². The van der Waals surface area contributed by atoms with Gasteiger partial charge < -0.3 is 19.6 Å². The van der Waals surface area contributed by atoms with Gasteiger partial charge in [-0.3, -0.25) is 4.79 Å². The topological polar surface area (TPSA) is 102 Å². The summed E-state index contributed by atoms with van der Waals surface area (Å²) in [4.78, 5) is 29.4. The van der Waals surface area contributed by atoms with Gasteiger partial charge in [-0.05, 0) is 55.3 Å². The van der Waals surface area contributed by atoms with E-state index in [0.717, 1.165) is 29.5 Å². The zero-order chi connectivity index (χ0) is 24.1. The molecule has 0 spiro atoms. The number of hydrogen-bond donors (Lipinski definition) is 2. The van der Waals surface area contributed by atoms with Crippen LogP contribution in [0.25, 0.3) is 22.6 Å². The van der Waals surface area contributed by atoms with Crippen LogP contribution in [-0.2, 0) is 11.3 Å². The van der Waals surface area contributed by atoms with Crippen LogP contribution in [0.5, 0.6) is 5.75 Å². The summed E-state index contributed by atoms with van der Waals surface area (Å²) in [5.74, 6) is -0.482. The Hall–Kier alpha value is -4.13. The standard InChI is InChI=1S/C27H26N2O5/c1-3-4-14-28-25(31)20-6-5-7-22-24(20)34-26(29-22)19-11-9-18(10-12-19)16-33-27(32)21-15-17(2)8-13-23(21)30/h5-13,15,30H,3-4,14,16H2,1-2H3,(H,28,31). The minimum absolute atomic E-state index is 0.0577. The SMILES string of the molecule is CCCCNC(=O)c1cccc2nc(-c3ccc(COC(=O)c4cc(C)ccc4O)cc3)oc12. The number of aromatic hydroxyl groups is 1. The molecule has 0 bridgehead atoms. The van der Waals surface area contributed by atoms with E-state index < -0.39 is 5.97 Å². The number of esters is 1. The molecule has 0 aliphatic carbocycles.